The highest BCUT2D eigenvalue weighted by atomic mass is 16.2. The van der Waals surface area contributed by atoms with E-state index >= 15 is 0 Å². The Balaban J connectivity index is 1.22. The first-order valence-electron chi connectivity index (χ1n) is 12.2. The molecule has 6 heteroatoms. The zero-order valence-corrected chi connectivity index (χ0v) is 19.9. The summed E-state index contributed by atoms with van der Waals surface area (Å²) < 4.78 is 0. The van der Waals surface area contributed by atoms with Crippen molar-refractivity contribution in [3.63, 3.8) is 0 Å². The number of hydrogen-bond donors (Lipinski definition) is 3. The minimum atomic E-state index is -0.398. The van der Waals surface area contributed by atoms with Crippen LogP contribution in [0.5, 0.6) is 0 Å². The van der Waals surface area contributed by atoms with Gasteiger partial charge in [0.15, 0.2) is 0 Å². The van der Waals surface area contributed by atoms with Crippen LogP contribution in [0.2, 0.25) is 0 Å². The van der Waals surface area contributed by atoms with Crippen LogP contribution in [0.15, 0.2) is 78.9 Å². The molecule has 6 nitrogen and oxygen atoms in total. The maximum Gasteiger partial charge on any atom is 0.220 e. The van der Waals surface area contributed by atoms with Crippen molar-refractivity contribution in [2.75, 3.05) is 0 Å². The Labute approximate surface area is 205 Å². The highest BCUT2D eigenvalue weighted by Gasteiger charge is 2.38. The van der Waals surface area contributed by atoms with Crippen molar-refractivity contribution in [3.05, 3.63) is 90.3 Å². The third kappa shape index (κ3) is 5.27. The Morgan fingerprint density at radius 3 is 2.43 bits per heavy atom. The first kappa shape index (κ1) is 22.8. The molecule has 0 saturated carbocycles. The van der Waals surface area contributed by atoms with Crippen molar-refractivity contribution < 1.29 is 9.59 Å². The lowest BCUT2D eigenvalue weighted by atomic mass is 9.84. The Hall–Kier alpha value is -3.93. The molecule has 35 heavy (non-hydrogen) atoms. The normalized spacial score (nSPS) is 18.4. The van der Waals surface area contributed by atoms with E-state index in [-0.39, 0.29) is 17.9 Å². The SMILES string of the molecule is C[C@H](NC(=O)CC[C@@]1(Cc2ccc(-c3ccccc3)cc2)CCC(=O)N1)c1nc2ccccc2[nH]1. The molecule has 1 aliphatic rings. The molecule has 0 bridgehead atoms. The molecule has 1 aliphatic heterocycles. The van der Waals surface area contributed by atoms with Crippen molar-refractivity contribution in [2.24, 2.45) is 0 Å². The number of carbonyl (C=O) groups is 2. The fourth-order valence-corrected chi connectivity index (χ4v) is 4.93. The van der Waals surface area contributed by atoms with E-state index in [0.29, 0.717) is 25.7 Å². The van der Waals surface area contributed by atoms with Crippen molar-refractivity contribution in [3.8, 4) is 11.1 Å². The first-order chi connectivity index (χ1) is 17.0. The number of aromatic amines is 1. The van der Waals surface area contributed by atoms with E-state index in [9.17, 15) is 9.59 Å². The topological polar surface area (TPSA) is 86.9 Å². The predicted molar refractivity (Wildman–Crippen MR) is 138 cm³/mol. The molecular weight excluding hydrogens is 436 g/mol. The molecular formula is C29H30N4O2. The first-order valence-corrected chi connectivity index (χ1v) is 12.2. The van der Waals surface area contributed by atoms with E-state index in [0.717, 1.165) is 34.4 Å². The van der Waals surface area contributed by atoms with E-state index in [1.54, 1.807) is 0 Å². The third-order valence-electron chi connectivity index (χ3n) is 6.86. The highest BCUT2D eigenvalue weighted by Crippen LogP contribution is 2.30. The summed E-state index contributed by atoms with van der Waals surface area (Å²) in [5.41, 5.74) is 4.94. The monoisotopic (exact) mass is 466 g/mol. The summed E-state index contributed by atoms with van der Waals surface area (Å²) in [6, 6.07) is 26.4. The molecule has 1 saturated heterocycles. The van der Waals surface area contributed by atoms with Crippen LogP contribution in [0.3, 0.4) is 0 Å². The number of amides is 2. The van der Waals surface area contributed by atoms with Gasteiger partial charge in [0.2, 0.25) is 11.8 Å². The minimum Gasteiger partial charge on any atom is -0.350 e. The van der Waals surface area contributed by atoms with Crippen LogP contribution in [0.25, 0.3) is 22.2 Å². The molecule has 0 radical (unpaired) electrons. The Morgan fingerprint density at radius 2 is 1.71 bits per heavy atom. The Kier molecular flexibility index (Phi) is 6.36. The van der Waals surface area contributed by atoms with Crippen LogP contribution in [-0.4, -0.2) is 27.3 Å². The number of aromatic nitrogens is 2. The van der Waals surface area contributed by atoms with Gasteiger partial charge < -0.3 is 15.6 Å². The molecule has 178 valence electrons. The molecule has 1 fully saturated rings. The molecule has 3 aromatic carbocycles. The molecule has 3 N–H and O–H groups in total. The van der Waals surface area contributed by atoms with Gasteiger partial charge in [0.25, 0.3) is 0 Å². The van der Waals surface area contributed by atoms with Gasteiger partial charge in [-0.2, -0.15) is 0 Å². The molecule has 0 unspecified atom stereocenters. The molecule has 2 atom stereocenters. The van der Waals surface area contributed by atoms with Crippen molar-refractivity contribution in [1.29, 1.82) is 0 Å². The second-order valence-corrected chi connectivity index (χ2v) is 9.50. The summed E-state index contributed by atoms with van der Waals surface area (Å²) >= 11 is 0. The van der Waals surface area contributed by atoms with Gasteiger partial charge in [-0.3, -0.25) is 9.59 Å². The average Bonchev–Trinajstić information content (AvgIpc) is 3.48. The van der Waals surface area contributed by atoms with Crippen LogP contribution in [0.4, 0.5) is 0 Å². The fourth-order valence-electron chi connectivity index (χ4n) is 4.93. The lowest BCUT2D eigenvalue weighted by molar-refractivity contribution is -0.123. The number of hydrogen-bond acceptors (Lipinski definition) is 3. The van der Waals surface area contributed by atoms with Crippen LogP contribution in [0.1, 0.15) is 50.0 Å². The zero-order valence-electron chi connectivity index (χ0n) is 19.9. The van der Waals surface area contributed by atoms with Gasteiger partial charge in [0.1, 0.15) is 5.82 Å². The van der Waals surface area contributed by atoms with Crippen molar-refractivity contribution in [1.82, 2.24) is 20.6 Å². The summed E-state index contributed by atoms with van der Waals surface area (Å²) in [5.74, 6) is 0.752. The quantitative estimate of drug-likeness (QED) is 0.338. The van der Waals surface area contributed by atoms with Gasteiger partial charge in [-0.1, -0.05) is 66.7 Å². The van der Waals surface area contributed by atoms with E-state index in [1.165, 1.54) is 5.56 Å². The molecule has 4 aromatic rings. The lowest BCUT2D eigenvalue weighted by Gasteiger charge is -2.29. The number of carbonyl (C=O) groups excluding carboxylic acids is 2. The average molecular weight is 467 g/mol. The highest BCUT2D eigenvalue weighted by molar-refractivity contribution is 5.80. The number of nitrogens with zero attached hydrogens (tertiary/aromatic N) is 1. The number of nitrogens with one attached hydrogen (secondary N) is 3. The number of imidazole rings is 1. The van der Waals surface area contributed by atoms with E-state index in [2.05, 4.69) is 57.0 Å². The standard InChI is InChI=1S/C29H30N4O2/c1-20(28-31-24-9-5-6-10-25(24)32-28)30-26(34)15-17-29(18-16-27(35)33-29)19-21-11-13-23(14-12-21)22-7-3-2-4-8-22/h2-14,20H,15-19H2,1H3,(H,30,34)(H,31,32)(H,33,35)/t20-,29-/m0/s1. The number of H-pyrrole nitrogens is 1. The molecule has 5 rings (SSSR count). The molecule has 1 aromatic heterocycles. The van der Waals surface area contributed by atoms with Crippen LogP contribution in [-0.2, 0) is 16.0 Å². The number of benzene rings is 3. The van der Waals surface area contributed by atoms with Gasteiger partial charge in [-0.15, -0.1) is 0 Å². The summed E-state index contributed by atoms with van der Waals surface area (Å²) in [6.45, 7) is 1.93. The van der Waals surface area contributed by atoms with Gasteiger partial charge in [0.05, 0.1) is 17.1 Å². The largest absolute Gasteiger partial charge is 0.350 e. The predicted octanol–water partition coefficient (Wildman–Crippen LogP) is 5.08. The van der Waals surface area contributed by atoms with E-state index in [4.69, 9.17) is 0 Å². The maximum absolute atomic E-state index is 12.8. The summed E-state index contributed by atoms with van der Waals surface area (Å²) in [7, 11) is 0. The van der Waals surface area contributed by atoms with E-state index < -0.39 is 5.54 Å². The number of rotatable bonds is 8. The number of fused-ring (bicyclic) bond motifs is 1. The van der Waals surface area contributed by atoms with Gasteiger partial charge in [0, 0.05) is 18.4 Å². The second kappa shape index (κ2) is 9.74. The summed E-state index contributed by atoms with van der Waals surface area (Å²) in [5, 5.41) is 6.24. The maximum atomic E-state index is 12.8. The van der Waals surface area contributed by atoms with Crippen molar-refractivity contribution in [2.45, 2.75) is 50.6 Å². The van der Waals surface area contributed by atoms with Crippen LogP contribution in [0, 0.1) is 0 Å². The van der Waals surface area contributed by atoms with Gasteiger partial charge >= 0.3 is 0 Å². The van der Waals surface area contributed by atoms with Gasteiger partial charge in [-0.25, -0.2) is 4.98 Å². The van der Waals surface area contributed by atoms with Crippen LogP contribution >= 0.6 is 0 Å². The zero-order chi connectivity index (χ0) is 24.3. The van der Waals surface area contributed by atoms with Crippen molar-refractivity contribution >= 4 is 22.8 Å². The molecule has 0 aliphatic carbocycles. The summed E-state index contributed by atoms with van der Waals surface area (Å²) in [6.07, 6.45) is 2.88. The van der Waals surface area contributed by atoms with Crippen LogP contribution < -0.4 is 10.6 Å². The smallest absolute Gasteiger partial charge is 0.220 e. The van der Waals surface area contributed by atoms with E-state index in [1.807, 2.05) is 49.4 Å². The Morgan fingerprint density at radius 1 is 1.00 bits per heavy atom. The number of para-hydroxylation sites is 2. The fraction of sp³-hybridized carbons (Fsp3) is 0.276. The third-order valence-corrected chi connectivity index (χ3v) is 6.86. The molecule has 2 amide bonds. The minimum absolute atomic E-state index is 0.0436. The Bertz CT molecular complexity index is 1300. The lowest BCUT2D eigenvalue weighted by Crippen LogP contribution is -2.44. The summed E-state index contributed by atoms with van der Waals surface area (Å²) in [4.78, 5) is 32.8. The molecule has 2 heterocycles. The van der Waals surface area contributed by atoms with Gasteiger partial charge in [-0.05, 0) is 55.0 Å². The molecule has 0 spiro atoms. The second-order valence-electron chi connectivity index (χ2n) is 9.50.